The Morgan fingerprint density at radius 1 is 1.11 bits per heavy atom. The van der Waals surface area contributed by atoms with Crippen LogP contribution in [-0.2, 0) is 11.2 Å². The van der Waals surface area contributed by atoms with Gasteiger partial charge in [-0.15, -0.1) is 12.4 Å². The maximum absolute atomic E-state index is 11.8. The van der Waals surface area contributed by atoms with Crippen molar-refractivity contribution in [3.8, 4) is 0 Å². The number of rotatable bonds is 1. The van der Waals surface area contributed by atoms with E-state index < -0.39 is 0 Å². The summed E-state index contributed by atoms with van der Waals surface area (Å²) in [5, 5.41) is 0. The number of fused-ring (bicyclic) bond motifs is 1. The highest BCUT2D eigenvalue weighted by atomic mass is 35.5. The molecule has 0 atom stereocenters. The smallest absolute Gasteiger partial charge is 0.227 e. The molecule has 4 heteroatoms. The molecular formula is C14H19ClN2O. The molecule has 2 aliphatic heterocycles. The van der Waals surface area contributed by atoms with Crippen LogP contribution in [0.3, 0.4) is 0 Å². The summed E-state index contributed by atoms with van der Waals surface area (Å²) < 4.78 is 0. The fraction of sp³-hybridized carbons (Fsp3) is 0.500. The van der Waals surface area contributed by atoms with Gasteiger partial charge in [0.25, 0.3) is 0 Å². The van der Waals surface area contributed by atoms with Crippen molar-refractivity contribution < 1.29 is 4.79 Å². The van der Waals surface area contributed by atoms with E-state index in [1.54, 1.807) is 0 Å². The van der Waals surface area contributed by atoms with Crippen molar-refractivity contribution in [3.05, 3.63) is 23.8 Å². The van der Waals surface area contributed by atoms with Crippen molar-refractivity contribution in [2.45, 2.75) is 25.7 Å². The van der Waals surface area contributed by atoms with Gasteiger partial charge in [-0.05, 0) is 30.9 Å². The number of halogens is 1. The van der Waals surface area contributed by atoms with Gasteiger partial charge in [0, 0.05) is 26.6 Å². The molecule has 0 aromatic heterocycles. The number of nitrogens with zero attached hydrogens (tertiary/aromatic N) is 2. The molecule has 3 nitrogen and oxygen atoms in total. The lowest BCUT2D eigenvalue weighted by Crippen LogP contribution is -2.33. The number of carbonyl (C=O) groups excluding carboxylic acids is 1. The molecule has 0 aliphatic carbocycles. The van der Waals surface area contributed by atoms with Gasteiger partial charge < -0.3 is 9.80 Å². The normalized spacial score (nSPS) is 18.6. The van der Waals surface area contributed by atoms with E-state index in [2.05, 4.69) is 23.1 Å². The largest absolute Gasteiger partial charge is 0.370 e. The average molecular weight is 267 g/mol. The van der Waals surface area contributed by atoms with Crippen LogP contribution in [0.1, 0.15) is 24.8 Å². The maximum Gasteiger partial charge on any atom is 0.227 e. The molecule has 2 aliphatic rings. The lowest BCUT2D eigenvalue weighted by molar-refractivity contribution is -0.118. The standard InChI is InChI=1S/C14H18N2O.ClH/c1-15-13(17)8-7-11-5-4-6-12(14(11)15)16-9-2-3-10-16;/h4-6H,2-3,7-10H2,1H3;1H. The molecule has 1 aromatic rings. The Morgan fingerprint density at radius 2 is 1.83 bits per heavy atom. The summed E-state index contributed by atoms with van der Waals surface area (Å²) >= 11 is 0. The second kappa shape index (κ2) is 5.19. The third kappa shape index (κ3) is 2.07. The monoisotopic (exact) mass is 266 g/mol. The Labute approximate surface area is 114 Å². The van der Waals surface area contributed by atoms with Crippen LogP contribution in [0.15, 0.2) is 18.2 Å². The van der Waals surface area contributed by atoms with Crippen LogP contribution in [0.5, 0.6) is 0 Å². The molecular weight excluding hydrogens is 248 g/mol. The second-order valence-corrected chi connectivity index (χ2v) is 4.93. The molecule has 1 amide bonds. The fourth-order valence-electron chi connectivity index (χ4n) is 2.91. The van der Waals surface area contributed by atoms with Gasteiger partial charge in [-0.25, -0.2) is 0 Å². The highest BCUT2D eigenvalue weighted by molar-refractivity contribution is 5.99. The Balaban J connectivity index is 0.00000120. The number of anilines is 2. The zero-order valence-corrected chi connectivity index (χ0v) is 11.5. The molecule has 98 valence electrons. The maximum atomic E-state index is 11.8. The summed E-state index contributed by atoms with van der Waals surface area (Å²) in [5.74, 6) is 0.240. The Hall–Kier alpha value is -1.22. The van der Waals surface area contributed by atoms with Crippen LogP contribution >= 0.6 is 12.4 Å². The lowest BCUT2D eigenvalue weighted by atomic mass is 10.00. The van der Waals surface area contributed by atoms with E-state index in [1.165, 1.54) is 24.1 Å². The van der Waals surface area contributed by atoms with Crippen molar-refractivity contribution >= 4 is 29.7 Å². The number of hydrogen-bond donors (Lipinski definition) is 0. The van der Waals surface area contributed by atoms with Crippen molar-refractivity contribution in [2.75, 3.05) is 29.9 Å². The van der Waals surface area contributed by atoms with E-state index in [9.17, 15) is 4.79 Å². The Kier molecular flexibility index (Phi) is 3.81. The van der Waals surface area contributed by atoms with Crippen LogP contribution in [0.4, 0.5) is 11.4 Å². The Bertz CT molecular complexity index is 455. The van der Waals surface area contributed by atoms with Gasteiger partial charge in [-0.2, -0.15) is 0 Å². The first-order valence-corrected chi connectivity index (χ1v) is 6.41. The first-order chi connectivity index (χ1) is 8.27. The highest BCUT2D eigenvalue weighted by Crippen LogP contribution is 2.37. The van der Waals surface area contributed by atoms with Gasteiger partial charge >= 0.3 is 0 Å². The summed E-state index contributed by atoms with van der Waals surface area (Å²) in [7, 11) is 1.90. The van der Waals surface area contributed by atoms with Crippen LogP contribution in [0.25, 0.3) is 0 Å². The van der Waals surface area contributed by atoms with E-state index in [-0.39, 0.29) is 18.3 Å². The number of hydrogen-bond acceptors (Lipinski definition) is 2. The average Bonchev–Trinajstić information content (AvgIpc) is 2.87. The summed E-state index contributed by atoms with van der Waals surface area (Å²) in [6.45, 7) is 2.25. The molecule has 2 heterocycles. The first kappa shape index (κ1) is 13.2. The van der Waals surface area contributed by atoms with Crippen LogP contribution in [-0.4, -0.2) is 26.0 Å². The van der Waals surface area contributed by atoms with Crippen LogP contribution in [0, 0.1) is 0 Å². The highest BCUT2D eigenvalue weighted by Gasteiger charge is 2.26. The molecule has 0 bridgehead atoms. The van der Waals surface area contributed by atoms with Gasteiger partial charge in [-0.1, -0.05) is 12.1 Å². The zero-order valence-electron chi connectivity index (χ0n) is 10.7. The predicted molar refractivity (Wildman–Crippen MR) is 76.9 cm³/mol. The molecule has 0 N–H and O–H groups in total. The second-order valence-electron chi connectivity index (χ2n) is 4.93. The third-order valence-electron chi connectivity index (χ3n) is 3.86. The van der Waals surface area contributed by atoms with Crippen molar-refractivity contribution in [1.29, 1.82) is 0 Å². The fourth-order valence-corrected chi connectivity index (χ4v) is 2.91. The van der Waals surface area contributed by atoms with Crippen LogP contribution < -0.4 is 9.80 Å². The predicted octanol–water partition coefficient (Wildman–Crippen LogP) is 2.62. The topological polar surface area (TPSA) is 23.6 Å². The molecule has 1 fully saturated rings. The van der Waals surface area contributed by atoms with E-state index in [0.717, 1.165) is 25.2 Å². The van der Waals surface area contributed by atoms with E-state index in [0.29, 0.717) is 6.42 Å². The number of para-hydroxylation sites is 1. The summed E-state index contributed by atoms with van der Waals surface area (Å²) in [6.07, 6.45) is 4.07. The summed E-state index contributed by atoms with van der Waals surface area (Å²) in [6, 6.07) is 6.42. The first-order valence-electron chi connectivity index (χ1n) is 6.41. The van der Waals surface area contributed by atoms with E-state index in [1.807, 2.05) is 11.9 Å². The zero-order chi connectivity index (χ0) is 11.8. The van der Waals surface area contributed by atoms with Gasteiger partial charge in [0.05, 0.1) is 11.4 Å². The minimum Gasteiger partial charge on any atom is -0.370 e. The summed E-state index contributed by atoms with van der Waals surface area (Å²) in [4.78, 5) is 16.1. The molecule has 18 heavy (non-hydrogen) atoms. The van der Waals surface area contributed by atoms with Gasteiger partial charge in [0.1, 0.15) is 0 Å². The number of carbonyl (C=O) groups is 1. The van der Waals surface area contributed by atoms with Crippen molar-refractivity contribution in [2.24, 2.45) is 0 Å². The number of amides is 1. The Morgan fingerprint density at radius 3 is 2.56 bits per heavy atom. The lowest BCUT2D eigenvalue weighted by Gasteiger charge is -2.31. The molecule has 0 saturated carbocycles. The SMILES string of the molecule is CN1C(=O)CCc2cccc(N3CCCC3)c21.Cl. The molecule has 1 aromatic carbocycles. The third-order valence-corrected chi connectivity index (χ3v) is 3.86. The summed E-state index contributed by atoms with van der Waals surface area (Å²) in [5.41, 5.74) is 3.71. The van der Waals surface area contributed by atoms with Crippen molar-refractivity contribution in [3.63, 3.8) is 0 Å². The minimum absolute atomic E-state index is 0. The van der Waals surface area contributed by atoms with Gasteiger partial charge in [0.15, 0.2) is 0 Å². The number of benzene rings is 1. The van der Waals surface area contributed by atoms with Crippen LogP contribution in [0.2, 0.25) is 0 Å². The van der Waals surface area contributed by atoms with E-state index in [4.69, 9.17) is 0 Å². The molecule has 1 saturated heterocycles. The van der Waals surface area contributed by atoms with Crippen molar-refractivity contribution in [1.82, 2.24) is 0 Å². The quantitative estimate of drug-likeness (QED) is 0.780. The molecule has 0 radical (unpaired) electrons. The van der Waals surface area contributed by atoms with Gasteiger partial charge in [0.2, 0.25) is 5.91 Å². The molecule has 3 rings (SSSR count). The van der Waals surface area contributed by atoms with E-state index >= 15 is 0 Å². The molecule has 0 unspecified atom stereocenters. The minimum atomic E-state index is 0. The number of aryl methyl sites for hydroxylation is 1. The van der Waals surface area contributed by atoms with Gasteiger partial charge in [-0.3, -0.25) is 4.79 Å². The molecule has 0 spiro atoms.